The molecule has 0 spiro atoms. The number of aryl methyl sites for hydroxylation is 3. The second-order valence-electron chi connectivity index (χ2n) is 8.04. The minimum absolute atomic E-state index is 0.0834. The van der Waals surface area contributed by atoms with E-state index in [1.54, 1.807) is 16.7 Å². The van der Waals surface area contributed by atoms with Crippen LogP contribution in [-0.2, 0) is 5.75 Å². The lowest BCUT2D eigenvalue weighted by atomic mass is 10.1. The van der Waals surface area contributed by atoms with E-state index in [1.807, 2.05) is 49.4 Å². The van der Waals surface area contributed by atoms with Gasteiger partial charge in [0, 0.05) is 23.6 Å². The Hall–Kier alpha value is -3.71. The van der Waals surface area contributed by atoms with Gasteiger partial charge in [0.2, 0.25) is 0 Å². The number of aromatic nitrogens is 5. The van der Waals surface area contributed by atoms with Crippen LogP contribution < -0.4 is 5.56 Å². The van der Waals surface area contributed by atoms with E-state index < -0.39 is 0 Å². The van der Waals surface area contributed by atoms with Crippen LogP contribution in [0.1, 0.15) is 22.4 Å². The minimum Gasteiger partial charge on any atom is -0.270 e. The molecule has 0 aliphatic carbocycles. The van der Waals surface area contributed by atoms with E-state index >= 15 is 0 Å². The van der Waals surface area contributed by atoms with Crippen molar-refractivity contribution in [3.8, 4) is 17.1 Å². The van der Waals surface area contributed by atoms with Crippen molar-refractivity contribution in [2.75, 3.05) is 0 Å². The Morgan fingerprint density at radius 3 is 2.45 bits per heavy atom. The first-order valence-corrected chi connectivity index (χ1v) is 11.7. The molecule has 0 saturated heterocycles. The lowest BCUT2D eigenvalue weighted by molar-refractivity contribution is 0.883. The zero-order valence-electron chi connectivity index (χ0n) is 18.7. The molecule has 0 bridgehead atoms. The molecular weight excluding hydrogens is 430 g/mol. The smallest absolute Gasteiger partial charge is 0.258 e. The Bertz CT molecular complexity index is 1520. The molecule has 0 radical (unpaired) electrons. The topological polar surface area (TPSA) is 65.1 Å². The molecule has 3 heterocycles. The number of benzene rings is 2. The Kier molecular flexibility index (Phi) is 5.56. The van der Waals surface area contributed by atoms with Gasteiger partial charge in [-0.25, -0.2) is 4.98 Å². The highest BCUT2D eigenvalue weighted by atomic mass is 32.2. The third kappa shape index (κ3) is 4.07. The van der Waals surface area contributed by atoms with Gasteiger partial charge in [-0.15, -0.1) is 10.2 Å². The third-order valence-corrected chi connectivity index (χ3v) is 6.66. The van der Waals surface area contributed by atoms with E-state index in [9.17, 15) is 4.79 Å². The molecule has 2 aromatic carbocycles. The molecule has 0 aliphatic heterocycles. The normalized spacial score (nSPS) is 11.2. The van der Waals surface area contributed by atoms with Gasteiger partial charge in [0.1, 0.15) is 5.65 Å². The molecule has 5 rings (SSSR count). The number of hydrogen-bond donors (Lipinski definition) is 0. The van der Waals surface area contributed by atoms with E-state index in [2.05, 4.69) is 46.8 Å². The molecule has 0 saturated carbocycles. The number of rotatable bonds is 5. The molecule has 0 unspecified atom stereocenters. The van der Waals surface area contributed by atoms with Crippen molar-refractivity contribution in [2.45, 2.75) is 31.7 Å². The van der Waals surface area contributed by atoms with Crippen LogP contribution >= 0.6 is 11.8 Å². The van der Waals surface area contributed by atoms with Crippen molar-refractivity contribution in [1.29, 1.82) is 0 Å². The van der Waals surface area contributed by atoms with Crippen LogP contribution in [0.25, 0.3) is 22.7 Å². The van der Waals surface area contributed by atoms with Gasteiger partial charge in [0.15, 0.2) is 11.0 Å². The van der Waals surface area contributed by atoms with Crippen LogP contribution in [0.5, 0.6) is 0 Å². The molecule has 33 heavy (non-hydrogen) atoms. The van der Waals surface area contributed by atoms with Gasteiger partial charge in [-0.3, -0.25) is 13.8 Å². The molecular formula is C26H23N5OS. The average molecular weight is 454 g/mol. The predicted molar refractivity (Wildman–Crippen MR) is 132 cm³/mol. The maximum absolute atomic E-state index is 12.6. The lowest BCUT2D eigenvalue weighted by Crippen LogP contribution is -2.15. The Morgan fingerprint density at radius 2 is 1.67 bits per heavy atom. The van der Waals surface area contributed by atoms with E-state index in [0.717, 1.165) is 33.5 Å². The SMILES string of the molecule is Cc1ccc(-n2c(SCc3cc(=O)n4cccc(C)c4n3)nnc2-c2ccccc2)cc1C. The Morgan fingerprint density at radius 1 is 0.848 bits per heavy atom. The highest BCUT2D eigenvalue weighted by Crippen LogP contribution is 2.30. The maximum Gasteiger partial charge on any atom is 0.258 e. The van der Waals surface area contributed by atoms with Gasteiger partial charge in [-0.05, 0) is 55.7 Å². The number of pyridine rings is 1. The van der Waals surface area contributed by atoms with Crippen molar-refractivity contribution in [3.05, 3.63) is 106 Å². The second-order valence-corrected chi connectivity index (χ2v) is 8.98. The molecule has 0 amide bonds. The summed E-state index contributed by atoms with van der Waals surface area (Å²) in [6.45, 7) is 6.17. The molecule has 164 valence electrons. The van der Waals surface area contributed by atoms with Crippen molar-refractivity contribution < 1.29 is 0 Å². The fraction of sp³-hybridized carbons (Fsp3) is 0.154. The summed E-state index contributed by atoms with van der Waals surface area (Å²) in [5.41, 5.74) is 6.72. The van der Waals surface area contributed by atoms with E-state index in [1.165, 1.54) is 22.9 Å². The molecule has 3 aromatic heterocycles. The van der Waals surface area contributed by atoms with Gasteiger partial charge in [0.25, 0.3) is 5.56 Å². The van der Waals surface area contributed by atoms with Gasteiger partial charge < -0.3 is 0 Å². The van der Waals surface area contributed by atoms with E-state index in [0.29, 0.717) is 11.4 Å². The van der Waals surface area contributed by atoms with Crippen LogP contribution in [0.4, 0.5) is 0 Å². The van der Waals surface area contributed by atoms with Crippen LogP contribution in [0.2, 0.25) is 0 Å². The van der Waals surface area contributed by atoms with Crippen molar-refractivity contribution >= 4 is 17.4 Å². The Labute approximate surface area is 196 Å². The molecule has 0 fully saturated rings. The molecule has 0 N–H and O–H groups in total. The summed E-state index contributed by atoms with van der Waals surface area (Å²) in [6, 6.07) is 21.8. The monoisotopic (exact) mass is 453 g/mol. The quantitative estimate of drug-likeness (QED) is 0.344. The summed E-state index contributed by atoms with van der Waals surface area (Å²) in [5.74, 6) is 1.29. The van der Waals surface area contributed by atoms with Crippen molar-refractivity contribution in [1.82, 2.24) is 24.1 Å². The molecule has 0 aliphatic rings. The summed E-state index contributed by atoms with van der Waals surface area (Å²) in [4.78, 5) is 17.3. The number of fused-ring (bicyclic) bond motifs is 1. The first-order chi connectivity index (χ1) is 16.0. The largest absolute Gasteiger partial charge is 0.270 e. The van der Waals surface area contributed by atoms with Crippen LogP contribution in [0, 0.1) is 20.8 Å². The molecule has 5 aromatic rings. The zero-order chi connectivity index (χ0) is 22.9. The fourth-order valence-corrected chi connectivity index (χ4v) is 4.60. The second kappa shape index (κ2) is 8.67. The fourth-order valence-electron chi connectivity index (χ4n) is 3.76. The summed E-state index contributed by atoms with van der Waals surface area (Å²) in [5, 5.41) is 9.77. The summed E-state index contributed by atoms with van der Waals surface area (Å²) in [7, 11) is 0. The minimum atomic E-state index is -0.0834. The molecule has 6 nitrogen and oxygen atoms in total. The van der Waals surface area contributed by atoms with Crippen LogP contribution in [0.3, 0.4) is 0 Å². The average Bonchev–Trinajstić information content (AvgIpc) is 3.25. The molecule has 0 atom stereocenters. The zero-order valence-corrected chi connectivity index (χ0v) is 19.5. The predicted octanol–water partition coefficient (Wildman–Crippen LogP) is 5.16. The highest BCUT2D eigenvalue weighted by Gasteiger charge is 2.17. The first-order valence-electron chi connectivity index (χ1n) is 10.7. The van der Waals surface area contributed by atoms with Gasteiger partial charge in [0.05, 0.1) is 11.4 Å². The number of hydrogen-bond acceptors (Lipinski definition) is 5. The molecule has 7 heteroatoms. The van der Waals surface area contributed by atoms with E-state index in [-0.39, 0.29) is 5.56 Å². The number of thioether (sulfide) groups is 1. The summed E-state index contributed by atoms with van der Waals surface area (Å²) in [6.07, 6.45) is 1.75. The van der Waals surface area contributed by atoms with Crippen LogP contribution in [-0.4, -0.2) is 24.1 Å². The lowest BCUT2D eigenvalue weighted by Gasteiger charge is -2.12. The van der Waals surface area contributed by atoms with Crippen molar-refractivity contribution in [3.63, 3.8) is 0 Å². The summed E-state index contributed by atoms with van der Waals surface area (Å²) >= 11 is 1.52. The maximum atomic E-state index is 12.6. The summed E-state index contributed by atoms with van der Waals surface area (Å²) < 4.78 is 3.65. The number of nitrogens with zero attached hydrogens (tertiary/aromatic N) is 5. The third-order valence-electron chi connectivity index (χ3n) is 5.70. The van der Waals surface area contributed by atoms with Gasteiger partial charge in [-0.2, -0.15) is 0 Å². The van der Waals surface area contributed by atoms with Gasteiger partial charge in [-0.1, -0.05) is 54.2 Å². The van der Waals surface area contributed by atoms with E-state index in [4.69, 9.17) is 4.98 Å². The highest BCUT2D eigenvalue weighted by molar-refractivity contribution is 7.98. The Balaban J connectivity index is 1.56. The standard InChI is InChI=1S/C26H23N5OS/c1-17-11-12-22(14-19(17)3)31-25(20-9-5-4-6-10-20)28-29-26(31)33-16-21-15-23(32)30-13-7-8-18(2)24(30)27-21/h4-15H,16H2,1-3H3. The van der Waals surface area contributed by atoms with Gasteiger partial charge >= 0.3 is 0 Å². The van der Waals surface area contributed by atoms with Crippen molar-refractivity contribution in [2.24, 2.45) is 0 Å². The van der Waals surface area contributed by atoms with Crippen LogP contribution in [0.15, 0.2) is 82.9 Å². The first kappa shape index (κ1) is 21.2.